The number of aromatic nitrogens is 2. The topological polar surface area (TPSA) is 108 Å². The highest BCUT2D eigenvalue weighted by Crippen LogP contribution is 2.30. The van der Waals surface area contributed by atoms with Crippen molar-refractivity contribution in [2.24, 2.45) is 0 Å². The molecule has 8 heteroatoms. The third kappa shape index (κ3) is 3.21. The zero-order valence-corrected chi connectivity index (χ0v) is 17.5. The zero-order chi connectivity index (χ0) is 21.9. The van der Waals surface area contributed by atoms with Gasteiger partial charge in [0.2, 0.25) is 0 Å². The van der Waals surface area contributed by atoms with Gasteiger partial charge in [-0.15, -0.1) is 0 Å². The summed E-state index contributed by atoms with van der Waals surface area (Å²) in [6.07, 6.45) is -0.131. The first-order valence-electron chi connectivity index (χ1n) is 9.55. The Morgan fingerprint density at radius 3 is 2.65 bits per heavy atom. The van der Waals surface area contributed by atoms with Gasteiger partial charge < -0.3 is 19.7 Å². The minimum Gasteiger partial charge on any atom is -0.507 e. The average Bonchev–Trinajstić information content (AvgIpc) is 3.39. The molecular formula is C23H18N2O5S. The van der Waals surface area contributed by atoms with Crippen molar-refractivity contribution in [2.45, 2.75) is 20.1 Å². The number of rotatable bonds is 3. The molecule has 3 aromatic heterocycles. The molecule has 2 aromatic carbocycles. The zero-order valence-electron chi connectivity index (χ0n) is 16.7. The fraction of sp³-hybridized carbons (Fsp3) is 0.130. The molecule has 5 rings (SSSR count). The molecule has 0 unspecified atom stereocenters. The van der Waals surface area contributed by atoms with E-state index in [2.05, 4.69) is 4.98 Å². The number of imidazole rings is 1. The number of aliphatic hydroxyl groups excluding tert-OH is 1. The SMILES string of the molecule is Cc1cc2nc3s/c(=C\c4ccc(-c5ccc(O)c(C(O)O)c5)o4)c(=O)n3c2cc1C. The van der Waals surface area contributed by atoms with Crippen LogP contribution >= 0.6 is 11.3 Å². The molecule has 0 spiro atoms. The van der Waals surface area contributed by atoms with Crippen LogP contribution in [-0.4, -0.2) is 24.7 Å². The lowest BCUT2D eigenvalue weighted by Crippen LogP contribution is -2.22. The first-order valence-corrected chi connectivity index (χ1v) is 10.4. The molecule has 0 bridgehead atoms. The average molecular weight is 434 g/mol. The van der Waals surface area contributed by atoms with Crippen LogP contribution < -0.4 is 10.1 Å². The van der Waals surface area contributed by atoms with Gasteiger partial charge in [-0.2, -0.15) is 0 Å². The Morgan fingerprint density at radius 1 is 1.10 bits per heavy atom. The Balaban J connectivity index is 1.59. The molecule has 31 heavy (non-hydrogen) atoms. The summed E-state index contributed by atoms with van der Waals surface area (Å²) in [6.45, 7) is 4.03. The predicted octanol–water partition coefficient (Wildman–Crippen LogP) is 3.02. The van der Waals surface area contributed by atoms with E-state index in [1.807, 2.05) is 26.0 Å². The van der Waals surface area contributed by atoms with Gasteiger partial charge in [-0.25, -0.2) is 9.38 Å². The second-order valence-electron chi connectivity index (χ2n) is 7.42. The van der Waals surface area contributed by atoms with E-state index in [0.29, 0.717) is 26.6 Å². The van der Waals surface area contributed by atoms with E-state index in [-0.39, 0.29) is 16.9 Å². The predicted molar refractivity (Wildman–Crippen MR) is 118 cm³/mol. The Labute approximate surface area is 179 Å². The van der Waals surface area contributed by atoms with Crippen LogP contribution in [0.1, 0.15) is 28.7 Å². The van der Waals surface area contributed by atoms with Gasteiger partial charge in [0.25, 0.3) is 5.56 Å². The van der Waals surface area contributed by atoms with Gasteiger partial charge in [-0.05, 0) is 67.4 Å². The molecule has 0 radical (unpaired) electrons. The lowest BCUT2D eigenvalue weighted by Gasteiger charge is -2.07. The largest absolute Gasteiger partial charge is 0.507 e. The molecule has 0 saturated heterocycles. The number of benzene rings is 2. The van der Waals surface area contributed by atoms with Crippen molar-refractivity contribution in [3.8, 4) is 17.1 Å². The second-order valence-corrected chi connectivity index (χ2v) is 8.43. The van der Waals surface area contributed by atoms with Crippen molar-refractivity contribution >= 4 is 33.4 Å². The lowest BCUT2D eigenvalue weighted by molar-refractivity contribution is -0.0438. The van der Waals surface area contributed by atoms with Gasteiger partial charge in [0.15, 0.2) is 11.3 Å². The fourth-order valence-corrected chi connectivity index (χ4v) is 4.51. The molecule has 3 heterocycles. The Hall–Kier alpha value is -3.46. The van der Waals surface area contributed by atoms with E-state index in [1.165, 1.54) is 23.5 Å². The van der Waals surface area contributed by atoms with Gasteiger partial charge in [-0.3, -0.25) is 4.79 Å². The molecule has 5 aromatic rings. The van der Waals surface area contributed by atoms with E-state index in [0.717, 1.165) is 22.2 Å². The second kappa shape index (κ2) is 7.05. The summed E-state index contributed by atoms with van der Waals surface area (Å²) in [5.74, 6) is 0.735. The number of aromatic hydroxyl groups is 1. The van der Waals surface area contributed by atoms with Crippen molar-refractivity contribution in [2.75, 3.05) is 0 Å². The normalized spacial score (nSPS) is 12.6. The van der Waals surface area contributed by atoms with E-state index >= 15 is 0 Å². The summed E-state index contributed by atoms with van der Waals surface area (Å²) in [4.78, 5) is 18.2. The number of thiazole rings is 1. The minimum atomic E-state index is -1.80. The standard InChI is InChI=1S/C23H18N2O5S/c1-11-7-16-17(8-12(11)2)25-21(27)20(31-23(25)24-16)10-14-4-6-19(30-14)13-3-5-18(26)15(9-13)22(28)29/h3-10,22,26,28-29H,1-2H3/b20-10-. The Bertz CT molecular complexity index is 1580. The number of hydrogen-bond donors (Lipinski definition) is 3. The molecule has 0 saturated carbocycles. The smallest absolute Gasteiger partial charge is 0.275 e. The number of phenols is 1. The molecule has 156 valence electrons. The summed E-state index contributed by atoms with van der Waals surface area (Å²) in [5, 5.41) is 28.5. The van der Waals surface area contributed by atoms with Gasteiger partial charge >= 0.3 is 0 Å². The molecular weight excluding hydrogens is 416 g/mol. The molecule has 0 atom stereocenters. The molecule has 0 fully saturated rings. The molecule has 0 aliphatic carbocycles. The van der Waals surface area contributed by atoms with Crippen LogP contribution in [0.3, 0.4) is 0 Å². The fourth-order valence-electron chi connectivity index (χ4n) is 3.55. The van der Waals surface area contributed by atoms with Crippen LogP contribution in [0.2, 0.25) is 0 Å². The van der Waals surface area contributed by atoms with Crippen LogP contribution in [-0.2, 0) is 0 Å². The van der Waals surface area contributed by atoms with Crippen molar-refractivity contribution < 1.29 is 19.7 Å². The molecule has 3 N–H and O–H groups in total. The minimum absolute atomic E-state index is 0.0156. The van der Waals surface area contributed by atoms with E-state index in [1.54, 1.807) is 28.7 Å². The quantitative estimate of drug-likeness (QED) is 0.377. The van der Waals surface area contributed by atoms with Crippen LogP contribution in [0.5, 0.6) is 5.75 Å². The maximum Gasteiger partial charge on any atom is 0.275 e. The Kier molecular flexibility index (Phi) is 4.44. The monoisotopic (exact) mass is 434 g/mol. The summed E-state index contributed by atoms with van der Waals surface area (Å²) in [7, 11) is 0. The summed E-state index contributed by atoms with van der Waals surface area (Å²) < 4.78 is 7.96. The molecule has 7 nitrogen and oxygen atoms in total. The van der Waals surface area contributed by atoms with Crippen LogP contribution in [0.4, 0.5) is 0 Å². The Morgan fingerprint density at radius 2 is 1.87 bits per heavy atom. The van der Waals surface area contributed by atoms with Crippen molar-refractivity contribution in [3.63, 3.8) is 0 Å². The van der Waals surface area contributed by atoms with Gasteiger partial charge in [0.05, 0.1) is 11.0 Å². The highest BCUT2D eigenvalue weighted by atomic mass is 32.1. The number of furan rings is 1. The lowest BCUT2D eigenvalue weighted by atomic mass is 10.1. The third-order valence-electron chi connectivity index (χ3n) is 5.34. The van der Waals surface area contributed by atoms with E-state index in [4.69, 9.17) is 4.42 Å². The molecule has 0 amide bonds. The van der Waals surface area contributed by atoms with Crippen LogP contribution in [0, 0.1) is 13.8 Å². The summed E-state index contributed by atoms with van der Waals surface area (Å²) in [6, 6.07) is 11.8. The number of aliphatic hydroxyl groups is 2. The third-order valence-corrected chi connectivity index (χ3v) is 6.31. The van der Waals surface area contributed by atoms with E-state index in [9.17, 15) is 20.1 Å². The molecule has 0 aliphatic rings. The van der Waals surface area contributed by atoms with Gasteiger partial charge in [0, 0.05) is 17.2 Å². The van der Waals surface area contributed by atoms with Crippen molar-refractivity contribution in [3.05, 3.63) is 79.8 Å². The first kappa shape index (κ1) is 19.5. The van der Waals surface area contributed by atoms with Crippen LogP contribution in [0.25, 0.3) is 33.4 Å². The first-order chi connectivity index (χ1) is 14.8. The van der Waals surface area contributed by atoms with Crippen LogP contribution in [0.15, 0.2) is 51.7 Å². The highest BCUT2D eigenvalue weighted by Gasteiger charge is 2.14. The van der Waals surface area contributed by atoms with Gasteiger partial charge in [-0.1, -0.05) is 11.3 Å². The molecule has 0 aliphatic heterocycles. The number of phenolic OH excluding ortho intramolecular Hbond substituents is 1. The summed E-state index contributed by atoms with van der Waals surface area (Å²) in [5.41, 5.74) is 4.22. The number of aryl methyl sites for hydroxylation is 2. The summed E-state index contributed by atoms with van der Waals surface area (Å²) >= 11 is 1.29. The highest BCUT2D eigenvalue weighted by molar-refractivity contribution is 7.15. The number of fused-ring (bicyclic) bond motifs is 3. The van der Waals surface area contributed by atoms with Crippen molar-refractivity contribution in [1.82, 2.24) is 9.38 Å². The van der Waals surface area contributed by atoms with Crippen molar-refractivity contribution in [1.29, 1.82) is 0 Å². The number of hydrogen-bond acceptors (Lipinski definition) is 7. The number of nitrogens with zero attached hydrogens (tertiary/aromatic N) is 2. The maximum absolute atomic E-state index is 13.0. The van der Waals surface area contributed by atoms with Gasteiger partial charge in [0.1, 0.15) is 21.8 Å². The van der Waals surface area contributed by atoms with E-state index < -0.39 is 6.29 Å². The maximum atomic E-state index is 13.0.